The SMILES string of the molecule is CCC(C(=O)O)n1c(-c2ccccc2)nc2sc3c(c2c1=O)CCCC3. The van der Waals surface area contributed by atoms with Crippen molar-refractivity contribution in [3.05, 3.63) is 51.1 Å². The molecule has 3 aromatic rings. The van der Waals surface area contributed by atoms with Crippen LogP contribution in [0.1, 0.15) is 42.7 Å². The predicted molar refractivity (Wildman–Crippen MR) is 103 cm³/mol. The van der Waals surface area contributed by atoms with E-state index >= 15 is 0 Å². The molecule has 0 bridgehead atoms. The summed E-state index contributed by atoms with van der Waals surface area (Å²) in [6, 6.07) is 8.45. The number of aryl methyl sites for hydroxylation is 2. The van der Waals surface area contributed by atoms with Crippen LogP contribution in [0.2, 0.25) is 0 Å². The Bertz CT molecular complexity index is 1040. The van der Waals surface area contributed by atoms with Crippen molar-refractivity contribution >= 4 is 27.5 Å². The fourth-order valence-corrected chi connectivity index (χ4v) is 5.02. The van der Waals surface area contributed by atoms with E-state index in [0.717, 1.165) is 41.6 Å². The summed E-state index contributed by atoms with van der Waals surface area (Å²) < 4.78 is 1.39. The summed E-state index contributed by atoms with van der Waals surface area (Å²) in [5.74, 6) is -0.562. The Morgan fingerprint density at radius 1 is 1.27 bits per heavy atom. The van der Waals surface area contributed by atoms with Crippen molar-refractivity contribution in [2.24, 2.45) is 0 Å². The van der Waals surface area contributed by atoms with Gasteiger partial charge in [0, 0.05) is 10.4 Å². The second-order valence-electron chi connectivity index (χ2n) is 6.63. The van der Waals surface area contributed by atoms with Gasteiger partial charge in [-0.25, -0.2) is 9.78 Å². The highest BCUT2D eigenvalue weighted by molar-refractivity contribution is 7.18. The summed E-state index contributed by atoms with van der Waals surface area (Å²) in [5.41, 5.74) is 1.63. The zero-order chi connectivity index (χ0) is 18.3. The average Bonchev–Trinajstić information content (AvgIpc) is 3.03. The molecule has 2 heterocycles. The summed E-state index contributed by atoms with van der Waals surface area (Å²) in [6.45, 7) is 1.79. The van der Waals surface area contributed by atoms with E-state index in [0.29, 0.717) is 17.6 Å². The minimum absolute atomic E-state index is 0.220. The van der Waals surface area contributed by atoms with Gasteiger partial charge in [-0.3, -0.25) is 9.36 Å². The lowest BCUT2D eigenvalue weighted by atomic mass is 9.97. The number of hydrogen-bond donors (Lipinski definition) is 1. The van der Waals surface area contributed by atoms with Gasteiger partial charge in [0.15, 0.2) is 0 Å². The lowest BCUT2D eigenvalue weighted by molar-refractivity contribution is -0.141. The monoisotopic (exact) mass is 368 g/mol. The van der Waals surface area contributed by atoms with E-state index in [1.165, 1.54) is 9.44 Å². The second-order valence-corrected chi connectivity index (χ2v) is 7.71. The molecule has 2 aromatic heterocycles. The summed E-state index contributed by atoms with van der Waals surface area (Å²) in [6.07, 6.45) is 4.38. The molecule has 1 aliphatic carbocycles. The third-order valence-electron chi connectivity index (χ3n) is 5.04. The molecule has 0 fully saturated rings. The van der Waals surface area contributed by atoms with E-state index in [9.17, 15) is 14.7 Å². The van der Waals surface area contributed by atoms with Crippen molar-refractivity contribution in [3.8, 4) is 11.4 Å². The molecule has 5 nitrogen and oxygen atoms in total. The minimum atomic E-state index is -1.00. The third kappa shape index (κ3) is 2.65. The molecule has 0 radical (unpaired) electrons. The predicted octanol–water partition coefficient (Wildman–Crippen LogP) is 4.04. The molecule has 1 atom stereocenters. The smallest absolute Gasteiger partial charge is 0.326 e. The number of carboxylic acid groups (broad SMARTS) is 1. The molecular formula is C20H20N2O3S. The lowest BCUT2D eigenvalue weighted by Crippen LogP contribution is -2.32. The van der Waals surface area contributed by atoms with E-state index in [1.54, 1.807) is 18.3 Å². The van der Waals surface area contributed by atoms with Crippen molar-refractivity contribution in [2.75, 3.05) is 0 Å². The zero-order valence-electron chi connectivity index (χ0n) is 14.6. The molecule has 1 unspecified atom stereocenters. The first-order chi connectivity index (χ1) is 12.6. The molecule has 4 rings (SSSR count). The average molecular weight is 368 g/mol. The van der Waals surface area contributed by atoms with Crippen LogP contribution in [0.15, 0.2) is 35.1 Å². The van der Waals surface area contributed by atoms with Crippen LogP contribution >= 0.6 is 11.3 Å². The van der Waals surface area contributed by atoms with Gasteiger partial charge < -0.3 is 5.11 Å². The van der Waals surface area contributed by atoms with Crippen LogP contribution in [0.3, 0.4) is 0 Å². The van der Waals surface area contributed by atoms with Crippen LogP contribution in [-0.4, -0.2) is 20.6 Å². The normalized spacial score (nSPS) is 15.0. The summed E-state index contributed by atoms with van der Waals surface area (Å²) in [7, 11) is 0. The maximum Gasteiger partial charge on any atom is 0.326 e. The molecule has 0 saturated heterocycles. The van der Waals surface area contributed by atoms with E-state index < -0.39 is 12.0 Å². The number of aliphatic carboxylic acids is 1. The molecule has 26 heavy (non-hydrogen) atoms. The van der Waals surface area contributed by atoms with E-state index in [2.05, 4.69) is 0 Å². The van der Waals surface area contributed by atoms with Gasteiger partial charge in [0.05, 0.1) is 5.39 Å². The first kappa shape index (κ1) is 17.0. The Balaban J connectivity index is 2.09. The molecule has 0 amide bonds. The van der Waals surface area contributed by atoms with Crippen LogP contribution in [0.4, 0.5) is 0 Å². The Hall–Kier alpha value is -2.47. The van der Waals surface area contributed by atoms with E-state index in [4.69, 9.17) is 4.98 Å². The second kappa shape index (κ2) is 6.68. The number of nitrogens with zero attached hydrogens (tertiary/aromatic N) is 2. The number of carbonyl (C=O) groups is 1. The first-order valence-corrected chi connectivity index (χ1v) is 9.78. The Labute approximate surface area is 154 Å². The van der Waals surface area contributed by atoms with Crippen molar-refractivity contribution in [1.82, 2.24) is 9.55 Å². The highest BCUT2D eigenvalue weighted by atomic mass is 32.1. The zero-order valence-corrected chi connectivity index (χ0v) is 15.4. The van der Waals surface area contributed by atoms with Crippen LogP contribution in [0.25, 0.3) is 21.6 Å². The number of rotatable bonds is 4. The maximum absolute atomic E-state index is 13.4. The number of aromatic nitrogens is 2. The quantitative estimate of drug-likeness (QED) is 0.754. The summed E-state index contributed by atoms with van der Waals surface area (Å²) >= 11 is 1.59. The van der Waals surface area contributed by atoms with Crippen LogP contribution in [0.5, 0.6) is 0 Å². The molecule has 0 saturated carbocycles. The summed E-state index contributed by atoms with van der Waals surface area (Å²) in [5, 5.41) is 10.3. The summed E-state index contributed by atoms with van der Waals surface area (Å²) in [4.78, 5) is 32.0. The molecule has 1 aromatic carbocycles. The Morgan fingerprint density at radius 2 is 2.00 bits per heavy atom. The molecule has 0 spiro atoms. The van der Waals surface area contributed by atoms with Crippen molar-refractivity contribution < 1.29 is 9.90 Å². The number of benzene rings is 1. The van der Waals surface area contributed by atoms with Gasteiger partial charge in [-0.05, 0) is 37.7 Å². The van der Waals surface area contributed by atoms with Gasteiger partial charge in [0.1, 0.15) is 16.7 Å². The molecular weight excluding hydrogens is 348 g/mol. The Morgan fingerprint density at radius 3 is 2.69 bits per heavy atom. The minimum Gasteiger partial charge on any atom is -0.480 e. The maximum atomic E-state index is 13.4. The standard InChI is InChI=1S/C20H20N2O3S/c1-2-14(20(24)25)22-17(12-8-4-3-5-9-12)21-18-16(19(22)23)13-10-6-7-11-15(13)26-18/h3-5,8-9,14H,2,6-7,10-11H2,1H3,(H,24,25). The number of hydrogen-bond acceptors (Lipinski definition) is 4. The highest BCUT2D eigenvalue weighted by Gasteiger charge is 2.28. The van der Waals surface area contributed by atoms with Gasteiger partial charge in [0.2, 0.25) is 0 Å². The number of fused-ring (bicyclic) bond motifs is 3. The molecule has 6 heteroatoms. The van der Waals surface area contributed by atoms with Crippen LogP contribution in [-0.2, 0) is 17.6 Å². The van der Waals surface area contributed by atoms with Gasteiger partial charge in [-0.1, -0.05) is 37.3 Å². The van der Waals surface area contributed by atoms with Gasteiger partial charge in [-0.15, -0.1) is 11.3 Å². The van der Waals surface area contributed by atoms with Crippen molar-refractivity contribution in [2.45, 2.75) is 45.1 Å². The molecule has 1 N–H and O–H groups in total. The molecule has 1 aliphatic rings. The Kier molecular flexibility index (Phi) is 4.36. The number of thiophene rings is 1. The third-order valence-corrected chi connectivity index (χ3v) is 6.22. The topological polar surface area (TPSA) is 72.2 Å². The highest BCUT2D eigenvalue weighted by Crippen LogP contribution is 2.35. The van der Waals surface area contributed by atoms with Gasteiger partial charge in [-0.2, -0.15) is 0 Å². The van der Waals surface area contributed by atoms with Gasteiger partial charge >= 0.3 is 5.97 Å². The fraction of sp³-hybridized carbons (Fsp3) is 0.350. The van der Waals surface area contributed by atoms with Crippen molar-refractivity contribution in [1.29, 1.82) is 0 Å². The fourth-order valence-electron chi connectivity index (χ4n) is 3.77. The van der Waals surface area contributed by atoms with Crippen molar-refractivity contribution in [3.63, 3.8) is 0 Å². The van der Waals surface area contributed by atoms with Crippen LogP contribution < -0.4 is 5.56 Å². The van der Waals surface area contributed by atoms with Crippen LogP contribution in [0, 0.1) is 0 Å². The van der Waals surface area contributed by atoms with Gasteiger partial charge in [0.25, 0.3) is 5.56 Å². The first-order valence-electron chi connectivity index (χ1n) is 8.96. The lowest BCUT2D eigenvalue weighted by Gasteiger charge is -2.19. The van der Waals surface area contributed by atoms with E-state index in [-0.39, 0.29) is 5.56 Å². The number of carboxylic acids is 1. The molecule has 134 valence electrons. The van der Waals surface area contributed by atoms with E-state index in [1.807, 2.05) is 30.3 Å². The largest absolute Gasteiger partial charge is 0.480 e. The molecule has 0 aliphatic heterocycles.